The number of nitrogens with zero attached hydrogens (tertiary/aromatic N) is 6. The minimum atomic E-state index is -0.569. The highest BCUT2D eigenvalue weighted by atomic mass is 35.5. The van der Waals surface area contributed by atoms with Gasteiger partial charge in [0, 0.05) is 40.7 Å². The normalized spacial score (nSPS) is 16.3. The Morgan fingerprint density at radius 2 is 1.80 bits per heavy atom. The first-order chi connectivity index (χ1) is 23.7. The molecule has 49 heavy (non-hydrogen) atoms. The number of thiazole rings is 1. The van der Waals surface area contributed by atoms with Crippen LogP contribution in [0.5, 0.6) is 0 Å². The van der Waals surface area contributed by atoms with Gasteiger partial charge in [0.1, 0.15) is 16.7 Å². The summed E-state index contributed by atoms with van der Waals surface area (Å²) in [6.07, 6.45) is 1.35. The van der Waals surface area contributed by atoms with Gasteiger partial charge in [0.15, 0.2) is 15.5 Å². The number of nitrogens with two attached hydrogens (primary N) is 1. The number of hydrogen-bond acceptors (Lipinski definition) is 11. The molecule has 17 heteroatoms. The van der Waals surface area contributed by atoms with Crippen LogP contribution in [0.25, 0.3) is 5.69 Å². The zero-order chi connectivity index (χ0) is 34.2. The molecule has 1 aliphatic carbocycles. The zero-order valence-corrected chi connectivity index (χ0v) is 27.7. The van der Waals surface area contributed by atoms with E-state index in [0.29, 0.717) is 51.0 Å². The van der Waals surface area contributed by atoms with Gasteiger partial charge in [-0.3, -0.25) is 34.1 Å². The number of halogens is 1. The number of aromatic amines is 1. The number of nitro benzene ring substituents is 1. The van der Waals surface area contributed by atoms with Crippen LogP contribution in [0.2, 0.25) is 5.02 Å². The number of benzene rings is 3. The molecular weight excluding hydrogens is 688 g/mol. The Morgan fingerprint density at radius 3 is 2.51 bits per heavy atom. The Bertz CT molecular complexity index is 2320. The Hall–Kier alpha value is -5.71. The Labute approximate surface area is 291 Å². The maximum Gasteiger partial charge on any atom is 0.294 e. The number of nitrogen functional groups attached to an aromatic ring is 1. The molecule has 7 rings (SSSR count). The van der Waals surface area contributed by atoms with Crippen molar-refractivity contribution in [1.82, 2.24) is 19.8 Å². The second-order valence-corrected chi connectivity index (χ2v) is 13.2. The summed E-state index contributed by atoms with van der Waals surface area (Å²) in [7, 11) is 0. The molecular formula is C32H25ClN10O4S2. The number of nitrogens with one attached hydrogen (secondary N) is 3. The SMILES string of the molecule is Nc1c(C(=O)NN=C2CCC3=C(C2)C(c2ccc([N+](=O)[O-])cc2)n2[nH]c(=O)c(N=Nc4ccc(Cl)cc4)c2N3)sc(=S)n1-c1ccccc1. The summed E-state index contributed by atoms with van der Waals surface area (Å²) in [5, 5.41) is 31.1. The van der Waals surface area contributed by atoms with E-state index in [9.17, 15) is 19.7 Å². The molecule has 3 aromatic carbocycles. The maximum absolute atomic E-state index is 13.2. The van der Waals surface area contributed by atoms with Crippen molar-refractivity contribution in [3.63, 3.8) is 0 Å². The van der Waals surface area contributed by atoms with Crippen molar-refractivity contribution in [2.24, 2.45) is 15.3 Å². The number of non-ortho nitro benzene ring substituents is 1. The number of hydrazone groups is 1. The molecule has 0 saturated carbocycles. The predicted molar refractivity (Wildman–Crippen MR) is 190 cm³/mol. The van der Waals surface area contributed by atoms with Gasteiger partial charge in [0.2, 0.25) is 0 Å². The number of nitro groups is 1. The average molecular weight is 713 g/mol. The molecule has 1 amide bonds. The molecule has 1 unspecified atom stereocenters. The topological polar surface area (TPSA) is 190 Å². The number of H-pyrrole nitrogens is 1. The van der Waals surface area contributed by atoms with Crippen LogP contribution in [0.3, 0.4) is 0 Å². The molecule has 5 aromatic rings. The summed E-state index contributed by atoms with van der Waals surface area (Å²) in [5.74, 6) is 0.130. The molecule has 5 N–H and O–H groups in total. The van der Waals surface area contributed by atoms with E-state index in [-0.39, 0.29) is 22.1 Å². The fourth-order valence-electron chi connectivity index (χ4n) is 5.78. The second-order valence-electron chi connectivity index (χ2n) is 11.1. The highest BCUT2D eigenvalue weighted by Gasteiger charge is 2.35. The van der Waals surface area contributed by atoms with Crippen LogP contribution in [-0.4, -0.2) is 30.9 Å². The van der Waals surface area contributed by atoms with Gasteiger partial charge < -0.3 is 11.1 Å². The van der Waals surface area contributed by atoms with Crippen molar-refractivity contribution in [2.75, 3.05) is 11.1 Å². The van der Waals surface area contributed by atoms with Crippen molar-refractivity contribution < 1.29 is 9.72 Å². The smallest absolute Gasteiger partial charge is 0.294 e. The number of fused-ring (bicyclic) bond motifs is 1. The zero-order valence-electron chi connectivity index (χ0n) is 25.3. The van der Waals surface area contributed by atoms with Crippen molar-refractivity contribution in [3.8, 4) is 5.69 Å². The summed E-state index contributed by atoms with van der Waals surface area (Å²) >= 11 is 12.6. The third-order valence-electron chi connectivity index (χ3n) is 8.10. The van der Waals surface area contributed by atoms with Crippen LogP contribution in [-0.2, 0) is 0 Å². The van der Waals surface area contributed by atoms with E-state index < -0.39 is 22.4 Å². The highest BCUT2D eigenvalue weighted by molar-refractivity contribution is 7.73. The third kappa shape index (κ3) is 6.19. The number of carbonyl (C=O) groups is 1. The summed E-state index contributed by atoms with van der Waals surface area (Å²) < 4.78 is 3.71. The first-order valence-electron chi connectivity index (χ1n) is 14.9. The summed E-state index contributed by atoms with van der Waals surface area (Å²) in [5.41, 5.74) is 12.9. The number of aromatic nitrogens is 3. The molecule has 0 spiro atoms. The Balaban J connectivity index is 1.20. The van der Waals surface area contributed by atoms with Crippen LogP contribution in [0.15, 0.2) is 110 Å². The Morgan fingerprint density at radius 1 is 1.06 bits per heavy atom. The van der Waals surface area contributed by atoms with Crippen LogP contribution >= 0.6 is 35.2 Å². The van der Waals surface area contributed by atoms with Gasteiger partial charge in [-0.05, 0) is 84.7 Å². The second kappa shape index (κ2) is 13.1. The number of amides is 1. The lowest BCUT2D eigenvalue weighted by molar-refractivity contribution is -0.384. The minimum Gasteiger partial charge on any atom is -0.383 e. The number of anilines is 2. The van der Waals surface area contributed by atoms with Gasteiger partial charge >= 0.3 is 0 Å². The predicted octanol–water partition coefficient (Wildman–Crippen LogP) is 7.56. The van der Waals surface area contributed by atoms with Crippen LogP contribution in [0.1, 0.15) is 40.5 Å². The lowest BCUT2D eigenvalue weighted by atomic mass is 9.85. The maximum atomic E-state index is 13.2. The van der Waals surface area contributed by atoms with Gasteiger partial charge in [0.05, 0.1) is 10.6 Å². The summed E-state index contributed by atoms with van der Waals surface area (Å²) in [6, 6.07) is 21.6. The van der Waals surface area contributed by atoms with Crippen molar-refractivity contribution >= 4 is 75.5 Å². The number of rotatable bonds is 7. The van der Waals surface area contributed by atoms with Crippen molar-refractivity contribution in [2.45, 2.75) is 25.3 Å². The molecule has 1 aliphatic heterocycles. The van der Waals surface area contributed by atoms with Gasteiger partial charge in [-0.2, -0.15) is 10.2 Å². The number of azo groups is 1. The molecule has 0 fully saturated rings. The Kier molecular flexibility index (Phi) is 8.50. The minimum absolute atomic E-state index is 0.0668. The largest absolute Gasteiger partial charge is 0.383 e. The highest BCUT2D eigenvalue weighted by Crippen LogP contribution is 2.43. The third-order valence-corrected chi connectivity index (χ3v) is 9.74. The first-order valence-corrected chi connectivity index (χ1v) is 16.5. The van der Waals surface area contributed by atoms with Gasteiger partial charge in [-0.15, -0.1) is 5.11 Å². The summed E-state index contributed by atoms with van der Waals surface area (Å²) in [6.45, 7) is 0. The number of carbonyl (C=O) groups excluding carboxylic acids is 1. The van der Waals surface area contributed by atoms with E-state index >= 15 is 0 Å². The van der Waals surface area contributed by atoms with Crippen LogP contribution < -0.4 is 22.0 Å². The monoisotopic (exact) mass is 712 g/mol. The number of para-hydroxylation sites is 1. The number of hydrogen-bond donors (Lipinski definition) is 4. The molecule has 14 nitrogen and oxygen atoms in total. The molecule has 1 atom stereocenters. The van der Waals surface area contributed by atoms with E-state index in [1.807, 2.05) is 30.3 Å². The molecule has 2 aliphatic rings. The fourth-order valence-corrected chi connectivity index (χ4v) is 7.17. The molecule has 2 aromatic heterocycles. The van der Waals surface area contributed by atoms with E-state index in [0.717, 1.165) is 28.3 Å². The molecule has 0 saturated heterocycles. The molecule has 0 bridgehead atoms. The fraction of sp³-hybridized carbons (Fsp3) is 0.125. The average Bonchev–Trinajstić information content (AvgIpc) is 3.59. The lowest BCUT2D eigenvalue weighted by Gasteiger charge is -2.35. The molecule has 246 valence electrons. The standard InChI is InChI=1S/C32H25ClN10O4S2/c33-18-8-10-19(11-9-18)36-38-25-29-35-24-15-12-20(37-39-31(45)27-28(34)41(32(48)49-27)21-4-2-1-3-5-21)16-23(24)26(42(29)40-30(25)44)17-6-13-22(14-7-17)43(46)47/h1-11,13-14,26,35H,12,15-16,34H2,(H,39,45)(H,40,44). The van der Waals surface area contributed by atoms with Crippen LogP contribution in [0, 0.1) is 14.1 Å². The van der Waals surface area contributed by atoms with Crippen molar-refractivity contribution in [1.29, 1.82) is 0 Å². The first kappa shape index (κ1) is 31.9. The van der Waals surface area contributed by atoms with E-state index in [4.69, 9.17) is 29.6 Å². The van der Waals surface area contributed by atoms with E-state index in [2.05, 4.69) is 31.2 Å². The lowest BCUT2D eigenvalue weighted by Crippen LogP contribution is -2.30. The quantitative estimate of drug-likeness (QED) is 0.0579. The van der Waals surface area contributed by atoms with Gasteiger partial charge in [0.25, 0.3) is 17.2 Å². The van der Waals surface area contributed by atoms with Gasteiger partial charge in [-0.25, -0.2) is 5.43 Å². The van der Waals surface area contributed by atoms with Gasteiger partial charge in [-0.1, -0.05) is 41.1 Å². The number of allylic oxidation sites excluding steroid dienone is 2. The van der Waals surface area contributed by atoms with Crippen molar-refractivity contribution in [3.05, 3.63) is 130 Å². The van der Waals surface area contributed by atoms with E-state index in [1.54, 1.807) is 45.6 Å². The van der Waals surface area contributed by atoms with E-state index in [1.165, 1.54) is 12.1 Å². The van der Waals surface area contributed by atoms with Crippen LogP contribution in [0.4, 0.5) is 28.7 Å². The summed E-state index contributed by atoms with van der Waals surface area (Å²) in [4.78, 5) is 37.7. The molecule has 0 radical (unpaired) electrons. The molecule has 3 heterocycles.